The summed E-state index contributed by atoms with van der Waals surface area (Å²) in [6.07, 6.45) is 12.1. The Kier molecular flexibility index (Phi) is 14.4. The van der Waals surface area contributed by atoms with Gasteiger partial charge in [0.05, 0.1) is 5.70 Å². The first-order valence-electron chi connectivity index (χ1n) is 21.5. The summed E-state index contributed by atoms with van der Waals surface area (Å²) >= 11 is 0. The van der Waals surface area contributed by atoms with E-state index in [9.17, 15) is 0 Å². The van der Waals surface area contributed by atoms with Crippen molar-refractivity contribution in [2.75, 3.05) is 0 Å². The maximum atomic E-state index is 4.71. The van der Waals surface area contributed by atoms with Crippen LogP contribution in [-0.2, 0) is 6.42 Å². The van der Waals surface area contributed by atoms with Gasteiger partial charge in [0.15, 0.2) is 0 Å². The molecule has 1 aliphatic carbocycles. The second kappa shape index (κ2) is 20.0. The molecule has 0 saturated carbocycles. The van der Waals surface area contributed by atoms with E-state index in [-0.39, 0.29) is 0 Å². The zero-order chi connectivity index (χ0) is 41.9. The van der Waals surface area contributed by atoms with E-state index < -0.39 is 0 Å². The molecule has 0 amide bonds. The second-order valence-electron chi connectivity index (χ2n) is 15.5. The van der Waals surface area contributed by atoms with Crippen LogP contribution in [0.5, 0.6) is 0 Å². The molecule has 0 fully saturated rings. The van der Waals surface area contributed by atoms with Crippen molar-refractivity contribution in [3.8, 4) is 11.1 Å². The van der Waals surface area contributed by atoms with E-state index in [1.165, 1.54) is 83.3 Å². The van der Waals surface area contributed by atoms with E-state index in [1.54, 1.807) is 0 Å². The van der Waals surface area contributed by atoms with Crippen molar-refractivity contribution in [1.82, 2.24) is 0 Å². The number of aryl methyl sites for hydroxylation is 4. The van der Waals surface area contributed by atoms with Crippen LogP contribution in [0.15, 0.2) is 162 Å². The highest BCUT2D eigenvalue weighted by molar-refractivity contribution is 6.28. The van der Waals surface area contributed by atoms with Gasteiger partial charge in [-0.05, 0) is 141 Å². The summed E-state index contributed by atoms with van der Waals surface area (Å²) < 4.78 is 0. The molecule has 0 radical (unpaired) electrons. The summed E-state index contributed by atoms with van der Waals surface area (Å²) in [5.41, 5.74) is 14.7. The van der Waals surface area contributed by atoms with Crippen molar-refractivity contribution < 1.29 is 0 Å². The van der Waals surface area contributed by atoms with Crippen LogP contribution in [0, 0.1) is 20.8 Å². The summed E-state index contributed by atoms with van der Waals surface area (Å²) in [4.78, 5) is 9.32. The number of nitrogens with zero attached hydrogens (tertiary/aromatic N) is 2. The van der Waals surface area contributed by atoms with Gasteiger partial charge >= 0.3 is 0 Å². The molecule has 0 saturated heterocycles. The number of hydrogen-bond donors (Lipinski definition) is 0. The van der Waals surface area contributed by atoms with E-state index in [4.69, 9.17) is 4.99 Å². The predicted octanol–water partition coefficient (Wildman–Crippen LogP) is 16.4. The van der Waals surface area contributed by atoms with Crippen LogP contribution in [0.4, 0.5) is 0 Å². The second-order valence-corrected chi connectivity index (χ2v) is 15.5. The van der Waals surface area contributed by atoms with Gasteiger partial charge in [-0.15, -0.1) is 0 Å². The molecule has 59 heavy (non-hydrogen) atoms. The van der Waals surface area contributed by atoms with Gasteiger partial charge in [-0.2, -0.15) is 0 Å². The van der Waals surface area contributed by atoms with Crippen molar-refractivity contribution in [1.29, 1.82) is 0 Å². The van der Waals surface area contributed by atoms with Crippen LogP contribution in [0.2, 0.25) is 0 Å². The van der Waals surface area contributed by atoms with Crippen LogP contribution < -0.4 is 0 Å². The van der Waals surface area contributed by atoms with Gasteiger partial charge in [-0.25, -0.2) is 9.98 Å². The average Bonchev–Trinajstić information content (AvgIpc) is 3.27. The number of allylic oxidation sites excluding steroid dienone is 4. The topological polar surface area (TPSA) is 24.7 Å². The fraction of sp³-hybridized carbons (Fsp3) is 0.228. The Morgan fingerprint density at radius 1 is 0.576 bits per heavy atom. The van der Waals surface area contributed by atoms with Crippen LogP contribution >= 0.6 is 0 Å². The van der Waals surface area contributed by atoms with E-state index in [2.05, 4.69) is 187 Å². The molecule has 0 unspecified atom stereocenters. The first-order valence-corrected chi connectivity index (χ1v) is 21.5. The SMILES string of the molecule is C=C(N=C(C)N=C(CC)c1ccccc1)c1ccc(C2=CCCC=C2)cc1.CCC.CCc1ccccc1-c1ccc2c3cccc(C)c3c3c(C)cccc3c2c1C. The average molecular weight is 773 g/mol. The summed E-state index contributed by atoms with van der Waals surface area (Å²) in [5.74, 6) is 0.725. The summed E-state index contributed by atoms with van der Waals surface area (Å²) in [5, 5.41) is 8.28. The highest BCUT2D eigenvalue weighted by atomic mass is 14.9. The third kappa shape index (κ3) is 9.61. The van der Waals surface area contributed by atoms with Gasteiger partial charge in [0.25, 0.3) is 0 Å². The minimum absolute atomic E-state index is 0.725. The van der Waals surface area contributed by atoms with Gasteiger partial charge < -0.3 is 0 Å². The Morgan fingerprint density at radius 3 is 1.85 bits per heavy atom. The van der Waals surface area contributed by atoms with Crippen molar-refractivity contribution in [2.45, 2.75) is 87.5 Å². The fourth-order valence-electron chi connectivity index (χ4n) is 8.24. The van der Waals surface area contributed by atoms with Gasteiger partial charge in [-0.1, -0.05) is 186 Å². The first kappa shape index (κ1) is 42.5. The predicted molar refractivity (Wildman–Crippen MR) is 262 cm³/mol. The number of amidine groups is 1. The molecule has 0 atom stereocenters. The largest absolute Gasteiger partial charge is 0.238 e. The normalized spacial score (nSPS) is 12.8. The minimum atomic E-state index is 0.725. The van der Waals surface area contributed by atoms with Gasteiger partial charge in [0, 0.05) is 5.71 Å². The molecule has 1 aliphatic rings. The molecule has 0 aliphatic heterocycles. The molecular weight excluding hydrogens is 713 g/mol. The Bertz CT molecular complexity index is 2700. The monoisotopic (exact) mass is 772 g/mol. The molecule has 7 aromatic rings. The molecule has 298 valence electrons. The molecule has 0 bridgehead atoms. The number of hydrogen-bond acceptors (Lipinski definition) is 1. The van der Waals surface area contributed by atoms with E-state index in [0.29, 0.717) is 0 Å². The zero-order valence-corrected chi connectivity index (χ0v) is 36.5. The van der Waals surface area contributed by atoms with Gasteiger partial charge in [0.2, 0.25) is 0 Å². The third-order valence-electron chi connectivity index (χ3n) is 11.1. The minimum Gasteiger partial charge on any atom is -0.238 e. The standard InChI is InChI=1S/C29H26.C25H26N2.C3H8/c1-5-21-12-6-7-13-23(21)22-16-17-25-24-14-8-10-18(2)27(24)28-19(3)11-9-15-26(28)29(25)20(22)4;1-4-25(24-13-9-6-10-14-24)27-20(3)26-19(2)21-15-17-23(18-16-21)22-11-7-5-8-12-22;1-3-2/h6-17H,5H2,1-4H3;6-7,9-18H,2,4-5,8H2,1,3H3;3H2,1-2H3. The molecule has 2 nitrogen and oxygen atoms in total. The number of aliphatic imine (C=N–C) groups is 2. The van der Waals surface area contributed by atoms with Crippen LogP contribution in [-0.4, -0.2) is 11.5 Å². The maximum absolute atomic E-state index is 4.71. The quantitative estimate of drug-likeness (QED) is 0.0876. The molecule has 0 N–H and O–H groups in total. The Balaban J connectivity index is 0.000000187. The highest BCUT2D eigenvalue weighted by Crippen LogP contribution is 2.42. The van der Waals surface area contributed by atoms with Crippen molar-refractivity contribution in [3.05, 3.63) is 191 Å². The van der Waals surface area contributed by atoms with Crippen molar-refractivity contribution in [3.63, 3.8) is 0 Å². The first-order chi connectivity index (χ1) is 28.7. The van der Waals surface area contributed by atoms with Crippen LogP contribution in [0.1, 0.15) is 99.2 Å². The lowest BCUT2D eigenvalue weighted by Gasteiger charge is -2.18. The molecule has 0 heterocycles. The number of fused-ring (bicyclic) bond motifs is 6. The Morgan fingerprint density at radius 2 is 1.20 bits per heavy atom. The summed E-state index contributed by atoms with van der Waals surface area (Å²) in [7, 11) is 0. The lowest BCUT2D eigenvalue weighted by atomic mass is 9.85. The van der Waals surface area contributed by atoms with E-state index >= 15 is 0 Å². The Labute approximate surface area is 353 Å². The smallest absolute Gasteiger partial charge is 0.126 e. The fourth-order valence-corrected chi connectivity index (χ4v) is 8.24. The molecule has 2 heteroatoms. The van der Waals surface area contributed by atoms with E-state index in [0.717, 1.165) is 54.1 Å². The van der Waals surface area contributed by atoms with Gasteiger partial charge in [0.1, 0.15) is 5.84 Å². The van der Waals surface area contributed by atoms with E-state index in [1.807, 2.05) is 25.1 Å². The zero-order valence-electron chi connectivity index (χ0n) is 36.5. The highest BCUT2D eigenvalue weighted by Gasteiger charge is 2.16. The van der Waals surface area contributed by atoms with Crippen LogP contribution in [0.3, 0.4) is 0 Å². The molecular formula is C57H60N2. The van der Waals surface area contributed by atoms with Crippen molar-refractivity contribution >= 4 is 55.1 Å². The lowest BCUT2D eigenvalue weighted by Crippen LogP contribution is -2.02. The van der Waals surface area contributed by atoms with Gasteiger partial charge in [-0.3, -0.25) is 0 Å². The summed E-state index contributed by atoms with van der Waals surface area (Å²) in [6, 6.07) is 45.6. The van der Waals surface area contributed by atoms with Crippen LogP contribution in [0.25, 0.3) is 54.7 Å². The maximum Gasteiger partial charge on any atom is 0.126 e. The van der Waals surface area contributed by atoms with Crippen molar-refractivity contribution in [2.24, 2.45) is 9.98 Å². The number of rotatable bonds is 7. The molecule has 8 rings (SSSR count). The molecule has 0 aromatic heterocycles. The molecule has 0 spiro atoms. The molecule has 7 aromatic carbocycles. The lowest BCUT2D eigenvalue weighted by molar-refractivity contribution is 1.04. The number of benzene rings is 7. The summed E-state index contributed by atoms with van der Waals surface area (Å²) in [6.45, 7) is 21.4. The third-order valence-corrected chi connectivity index (χ3v) is 11.1. The Hall–Kier alpha value is -6.12.